The van der Waals surface area contributed by atoms with Gasteiger partial charge in [-0.3, -0.25) is 9.59 Å². The first-order chi connectivity index (χ1) is 17.9. The van der Waals surface area contributed by atoms with Gasteiger partial charge < -0.3 is 10.6 Å². The maximum atomic E-state index is 14.0. The summed E-state index contributed by atoms with van der Waals surface area (Å²) in [6.07, 6.45) is -4.39. The molecule has 1 aliphatic heterocycles. The van der Waals surface area contributed by atoms with Gasteiger partial charge in [0.05, 0.1) is 17.3 Å². The summed E-state index contributed by atoms with van der Waals surface area (Å²) >= 11 is 6.19. The summed E-state index contributed by atoms with van der Waals surface area (Å²) in [6.45, 7) is 0. The number of hydrogen-bond donors (Lipinski definition) is 2. The van der Waals surface area contributed by atoms with Crippen LogP contribution in [0.3, 0.4) is 0 Å². The largest absolute Gasteiger partial charge is 0.416 e. The van der Waals surface area contributed by atoms with Crippen molar-refractivity contribution in [3.05, 3.63) is 98.6 Å². The standard InChI is InChI=1S/C24H16ClF5N2O4S/c1-37(35,36)10-11-4-17-20(21(32-23(17)34)16-9-14(26)2-3-18(16)25)19(5-11)31-22(33)12-6-13(24(28,29)30)8-15(27)7-12/h2-9,21H,10H2,1H3,(H,31,33)(H,32,34)/t21-/m1/s1/i10D2. The topological polar surface area (TPSA) is 92.3 Å². The van der Waals surface area contributed by atoms with E-state index in [1.54, 1.807) is 0 Å². The van der Waals surface area contributed by atoms with Gasteiger partial charge in [-0.1, -0.05) is 11.6 Å². The molecular weight excluding hydrogens is 543 g/mol. The van der Waals surface area contributed by atoms with E-state index < -0.39 is 73.6 Å². The summed E-state index contributed by atoms with van der Waals surface area (Å²) in [6, 6.07) is 4.87. The summed E-state index contributed by atoms with van der Waals surface area (Å²) in [5.74, 6) is -4.26. The summed E-state index contributed by atoms with van der Waals surface area (Å²) in [7, 11) is -4.45. The number of nitrogens with one attached hydrogen (secondary N) is 2. The summed E-state index contributed by atoms with van der Waals surface area (Å²) < 4.78 is 108. The Hall–Kier alpha value is -3.51. The molecule has 13 heteroatoms. The predicted molar refractivity (Wildman–Crippen MR) is 125 cm³/mol. The minimum Gasteiger partial charge on any atom is -0.341 e. The lowest BCUT2D eigenvalue weighted by atomic mass is 9.94. The molecule has 0 spiro atoms. The second-order valence-corrected chi connectivity index (χ2v) is 10.3. The van der Waals surface area contributed by atoms with E-state index in [9.17, 15) is 40.0 Å². The van der Waals surface area contributed by atoms with E-state index in [1.165, 1.54) is 6.07 Å². The Balaban J connectivity index is 1.92. The van der Waals surface area contributed by atoms with Crippen molar-refractivity contribution in [1.82, 2.24) is 5.32 Å². The highest BCUT2D eigenvalue weighted by Crippen LogP contribution is 2.40. The number of carbonyl (C=O) groups excluding carboxylic acids is 2. The van der Waals surface area contributed by atoms with Crippen molar-refractivity contribution in [2.45, 2.75) is 17.9 Å². The normalized spacial score (nSPS) is 16.5. The molecule has 2 N–H and O–H groups in total. The van der Waals surface area contributed by atoms with Gasteiger partial charge >= 0.3 is 6.18 Å². The number of alkyl halides is 3. The molecule has 0 saturated carbocycles. The Morgan fingerprint density at radius 3 is 2.46 bits per heavy atom. The number of amides is 2. The maximum Gasteiger partial charge on any atom is 0.416 e. The highest BCUT2D eigenvalue weighted by atomic mass is 35.5. The van der Waals surface area contributed by atoms with Gasteiger partial charge in [-0.05, 0) is 54.1 Å². The van der Waals surface area contributed by atoms with Gasteiger partial charge in [-0.15, -0.1) is 0 Å². The molecule has 0 radical (unpaired) electrons. The first-order valence-electron chi connectivity index (χ1n) is 11.2. The van der Waals surface area contributed by atoms with Gasteiger partial charge in [-0.25, -0.2) is 17.2 Å². The van der Waals surface area contributed by atoms with Gasteiger partial charge in [0.2, 0.25) is 0 Å². The van der Waals surface area contributed by atoms with E-state index in [1.807, 2.05) is 0 Å². The highest BCUT2D eigenvalue weighted by molar-refractivity contribution is 7.89. The third kappa shape index (κ3) is 5.75. The fraction of sp³-hybridized carbons (Fsp3) is 0.167. The summed E-state index contributed by atoms with van der Waals surface area (Å²) in [5.41, 5.74) is -6.68. The van der Waals surface area contributed by atoms with Crippen LogP contribution in [0, 0.1) is 11.6 Å². The second kappa shape index (κ2) is 9.42. The number of anilines is 1. The molecule has 6 nitrogen and oxygen atoms in total. The first kappa shape index (κ1) is 23.9. The minimum atomic E-state index is -4.99. The number of hydrogen-bond acceptors (Lipinski definition) is 4. The van der Waals surface area contributed by atoms with Crippen LogP contribution in [0.5, 0.6) is 0 Å². The fourth-order valence-corrected chi connectivity index (χ4v) is 4.63. The van der Waals surface area contributed by atoms with Crippen LogP contribution in [-0.2, 0) is 21.7 Å². The molecule has 1 atom stereocenters. The lowest BCUT2D eigenvalue weighted by Gasteiger charge is -2.19. The average Bonchev–Trinajstić information content (AvgIpc) is 3.15. The molecule has 0 unspecified atom stereocenters. The third-order valence-corrected chi connectivity index (χ3v) is 6.25. The van der Waals surface area contributed by atoms with Crippen molar-refractivity contribution < 1.29 is 42.7 Å². The Morgan fingerprint density at radius 2 is 1.81 bits per heavy atom. The number of halogens is 6. The monoisotopic (exact) mass is 560 g/mol. The number of carbonyl (C=O) groups is 2. The molecule has 0 aromatic heterocycles. The van der Waals surface area contributed by atoms with Crippen LogP contribution in [0.2, 0.25) is 5.02 Å². The quantitative estimate of drug-likeness (QED) is 0.416. The molecule has 0 saturated heterocycles. The van der Waals surface area contributed by atoms with Crippen LogP contribution in [0.1, 0.15) is 51.8 Å². The smallest absolute Gasteiger partial charge is 0.341 e. The number of sulfone groups is 1. The zero-order chi connectivity index (χ0) is 29.1. The van der Waals surface area contributed by atoms with Gasteiger partial charge in [0.25, 0.3) is 11.8 Å². The molecule has 0 bridgehead atoms. The second-order valence-electron chi connectivity index (χ2n) is 8.11. The van der Waals surface area contributed by atoms with E-state index in [2.05, 4.69) is 10.6 Å². The van der Waals surface area contributed by atoms with Crippen LogP contribution in [0.25, 0.3) is 0 Å². The Morgan fingerprint density at radius 1 is 1.11 bits per heavy atom. The highest BCUT2D eigenvalue weighted by Gasteiger charge is 2.36. The predicted octanol–water partition coefficient (Wildman–Crippen LogP) is 5.27. The SMILES string of the molecule is [2H]C([2H])(c1cc(NC(=O)c2cc(F)cc(C(F)(F)F)c2)c2c(c1)C(=O)N[C@@H]2c1cc(F)ccc1Cl)S(C)(=O)=O. The van der Waals surface area contributed by atoms with E-state index in [0.717, 1.165) is 24.3 Å². The van der Waals surface area contributed by atoms with Crippen molar-refractivity contribution in [2.24, 2.45) is 0 Å². The fourth-order valence-electron chi connectivity index (χ4n) is 3.86. The first-order valence-corrected chi connectivity index (χ1v) is 12.5. The Labute approximate surface area is 215 Å². The zero-order valence-electron chi connectivity index (χ0n) is 20.5. The van der Waals surface area contributed by atoms with E-state index >= 15 is 0 Å². The molecular formula is C24H16ClF5N2O4S. The van der Waals surface area contributed by atoms with Gasteiger partial charge in [0.15, 0.2) is 9.84 Å². The average molecular weight is 561 g/mol. The molecule has 2 amide bonds. The molecule has 194 valence electrons. The van der Waals surface area contributed by atoms with Crippen LogP contribution in [-0.4, -0.2) is 26.5 Å². The van der Waals surface area contributed by atoms with Crippen molar-refractivity contribution >= 4 is 38.9 Å². The molecule has 0 fully saturated rings. The maximum absolute atomic E-state index is 14.0. The van der Waals surface area contributed by atoms with E-state index in [-0.39, 0.29) is 27.8 Å². The van der Waals surface area contributed by atoms with E-state index in [4.69, 9.17) is 14.3 Å². The lowest BCUT2D eigenvalue weighted by Crippen LogP contribution is -2.21. The minimum absolute atomic E-state index is 0.0117. The molecule has 1 heterocycles. The van der Waals surface area contributed by atoms with Crippen LogP contribution >= 0.6 is 11.6 Å². The van der Waals surface area contributed by atoms with Crippen molar-refractivity contribution in [3.8, 4) is 0 Å². The molecule has 3 aromatic rings. The van der Waals surface area contributed by atoms with Gasteiger partial charge in [-0.2, -0.15) is 13.2 Å². The van der Waals surface area contributed by atoms with Crippen molar-refractivity contribution in [1.29, 1.82) is 0 Å². The van der Waals surface area contributed by atoms with Gasteiger partial charge in [0.1, 0.15) is 11.6 Å². The van der Waals surface area contributed by atoms with Crippen molar-refractivity contribution in [3.63, 3.8) is 0 Å². The molecule has 3 aromatic carbocycles. The number of rotatable bonds is 5. The molecule has 0 aliphatic carbocycles. The number of benzene rings is 3. The summed E-state index contributed by atoms with van der Waals surface area (Å²) in [4.78, 5) is 25.9. The van der Waals surface area contributed by atoms with Crippen LogP contribution in [0.15, 0.2) is 48.5 Å². The van der Waals surface area contributed by atoms with Gasteiger partial charge in [0, 0.05) is 42.0 Å². The van der Waals surface area contributed by atoms with Crippen LogP contribution in [0.4, 0.5) is 27.6 Å². The zero-order valence-corrected chi connectivity index (χ0v) is 20.1. The molecule has 1 aliphatic rings. The van der Waals surface area contributed by atoms with Crippen LogP contribution < -0.4 is 10.6 Å². The van der Waals surface area contributed by atoms with Crippen molar-refractivity contribution in [2.75, 3.05) is 11.6 Å². The third-order valence-electron chi connectivity index (χ3n) is 5.30. The Kier molecular flexibility index (Phi) is 6.07. The number of fused-ring (bicyclic) bond motifs is 1. The molecule has 37 heavy (non-hydrogen) atoms. The lowest BCUT2D eigenvalue weighted by molar-refractivity contribution is -0.137. The van der Waals surface area contributed by atoms with E-state index in [0.29, 0.717) is 18.4 Å². The Bertz CT molecular complexity index is 1650. The molecule has 4 rings (SSSR count). The summed E-state index contributed by atoms with van der Waals surface area (Å²) in [5, 5.41) is 4.70.